The number of hydrogen-bond acceptors (Lipinski definition) is 0. The number of hydrogen-bond donors (Lipinski definition) is 0. The van der Waals surface area contributed by atoms with Gasteiger partial charge in [0, 0.05) is 0 Å². The maximum atomic E-state index is 2.52. The molecule has 0 aliphatic heterocycles. The monoisotopic (exact) mass is 1480 g/mol. The molecule has 556 valence electrons. The standard InChI is InChI=1S/C41H38.C38H32.C36H26/c1-27-26-30(22-25-32(27)29-20-23-31(24-21-29)41(2,3)4)39-35-15-7-9-17-37(35)40(38-18-10-8-16-36(38)39)34-19-11-13-28-12-5-6-14-33(28)34;1-25-15-17-28(18-16-25)30-21-22-32(26(2)23-30)38-35-13-7-5-11-33(35)37(34-12-6-8-14-36(34)38)31-20-19-27-9-3-4-10-29(27)24-31;1-2-11-27(12-3-1)35-31-14-6-8-16-33(31)36(34-17-9-7-15-32(34)35)28-21-18-26(19-22-28)30-23-20-25-10-4-5-13-29(25)24-30/h5-20,22,25-26,31H,21,23-24H2,1-4H3;3-14,17,19-25H,15-16,18H2,1-2H3;1-19,21-23H,20,24H2. The maximum Gasteiger partial charge on any atom is -0.00200 e. The van der Waals surface area contributed by atoms with E-state index in [1.807, 2.05) is 0 Å². The lowest BCUT2D eigenvalue weighted by Gasteiger charge is -2.33. The predicted octanol–water partition coefficient (Wildman–Crippen LogP) is 32.5. The Labute approximate surface area is 678 Å². The molecule has 2 atom stereocenters. The zero-order valence-corrected chi connectivity index (χ0v) is 67.0. The van der Waals surface area contributed by atoms with E-state index in [1.54, 1.807) is 0 Å². The maximum absolute atomic E-state index is 2.52. The van der Waals surface area contributed by atoms with Gasteiger partial charge in [-0.05, 0) is 297 Å². The molecule has 0 radical (unpaired) electrons. The van der Waals surface area contributed by atoms with E-state index in [2.05, 4.69) is 406 Å². The number of fused-ring (bicyclic) bond motifs is 9. The summed E-state index contributed by atoms with van der Waals surface area (Å²) in [5.74, 6) is 1.57. The molecule has 2 unspecified atom stereocenters. The molecule has 0 saturated heterocycles. The highest BCUT2D eigenvalue weighted by atomic mass is 14.3. The highest BCUT2D eigenvalue weighted by Gasteiger charge is 2.28. The normalized spacial score (nSPS) is 14.9. The molecule has 0 bridgehead atoms. The van der Waals surface area contributed by atoms with Crippen LogP contribution in [-0.4, -0.2) is 0 Å². The lowest BCUT2D eigenvalue weighted by Crippen LogP contribution is -2.22. The van der Waals surface area contributed by atoms with Crippen LogP contribution in [0.3, 0.4) is 0 Å². The Kier molecular flexibility index (Phi) is 19.5. The van der Waals surface area contributed by atoms with Crippen molar-refractivity contribution in [3.63, 3.8) is 0 Å². The van der Waals surface area contributed by atoms with Crippen molar-refractivity contribution in [3.05, 3.63) is 403 Å². The van der Waals surface area contributed by atoms with Gasteiger partial charge in [-0.2, -0.15) is 0 Å². The van der Waals surface area contributed by atoms with Gasteiger partial charge in [0.25, 0.3) is 0 Å². The molecule has 0 fully saturated rings. The zero-order chi connectivity index (χ0) is 77.7. The predicted molar refractivity (Wildman–Crippen MR) is 499 cm³/mol. The van der Waals surface area contributed by atoms with Crippen LogP contribution in [0.5, 0.6) is 0 Å². The van der Waals surface area contributed by atoms with Crippen molar-refractivity contribution in [1.82, 2.24) is 0 Å². The van der Waals surface area contributed by atoms with Gasteiger partial charge in [0.2, 0.25) is 0 Å². The average Bonchev–Trinajstić information content (AvgIpc) is 0.739. The molecule has 0 heterocycles. The summed E-state index contributed by atoms with van der Waals surface area (Å²) in [4.78, 5) is 0. The van der Waals surface area contributed by atoms with Gasteiger partial charge in [-0.25, -0.2) is 0 Å². The third-order valence-electron chi connectivity index (χ3n) is 25.6. The molecule has 18 aromatic carbocycles. The molecule has 115 heavy (non-hydrogen) atoms. The van der Waals surface area contributed by atoms with Crippen LogP contribution in [0.15, 0.2) is 364 Å². The van der Waals surface area contributed by atoms with Crippen LogP contribution in [0.25, 0.3) is 170 Å². The van der Waals surface area contributed by atoms with Gasteiger partial charge in [-0.3, -0.25) is 0 Å². The molecule has 0 aromatic heterocycles. The van der Waals surface area contributed by atoms with Crippen molar-refractivity contribution in [2.24, 2.45) is 17.3 Å². The Morgan fingerprint density at radius 1 is 0.252 bits per heavy atom. The second kappa shape index (κ2) is 31.0. The van der Waals surface area contributed by atoms with E-state index in [4.69, 9.17) is 0 Å². The summed E-state index contributed by atoms with van der Waals surface area (Å²) >= 11 is 0. The third kappa shape index (κ3) is 13.9. The van der Waals surface area contributed by atoms with E-state index in [0.29, 0.717) is 5.41 Å². The van der Waals surface area contributed by atoms with Crippen molar-refractivity contribution in [3.8, 4) is 66.8 Å². The molecule has 21 rings (SSSR count). The van der Waals surface area contributed by atoms with Crippen LogP contribution in [0, 0.1) is 31.1 Å². The Bertz CT molecular complexity index is 6730. The van der Waals surface area contributed by atoms with E-state index in [-0.39, 0.29) is 0 Å². The summed E-state index contributed by atoms with van der Waals surface area (Å²) in [6, 6.07) is 128. The SMILES string of the molecule is C1=C(c2ccc(-c3c4ccccc4c(-c4ccccc4)c4ccccc34)cc2)Cc2ccccc2C1.Cc1cc(-c2c3ccccc3c(-c3cccc4ccccc34)c3ccccc23)ccc1C1=CCC(C(C)(C)C)CC1.Cc1cc(C2=CCC(C)CC2)ccc1-c1c2ccccc2c(-c2ccc3ccccc3c2)c2ccccc12. The first-order chi connectivity index (χ1) is 56.4. The Balaban J connectivity index is 0.000000116. The number of allylic oxidation sites excluding steroid dienone is 6. The molecule has 0 nitrogen and oxygen atoms in total. The molecule has 18 aromatic rings. The summed E-state index contributed by atoms with van der Waals surface area (Å²) in [5, 5.41) is 20.8. The second-order valence-corrected chi connectivity index (χ2v) is 33.7. The van der Waals surface area contributed by atoms with Crippen LogP contribution in [0.1, 0.15) is 105 Å². The Morgan fingerprint density at radius 2 is 0.643 bits per heavy atom. The largest absolute Gasteiger partial charge is 0.0805 e. The van der Waals surface area contributed by atoms with Gasteiger partial charge >= 0.3 is 0 Å². The fraction of sp³-hybridized carbons (Fsp3) is 0.148. The molecule has 0 heteroatoms. The highest BCUT2D eigenvalue weighted by Crippen LogP contribution is 2.50. The third-order valence-corrected chi connectivity index (χ3v) is 25.6. The van der Waals surface area contributed by atoms with Crippen LogP contribution >= 0.6 is 0 Å². The highest BCUT2D eigenvalue weighted by molar-refractivity contribution is 6.25. The fourth-order valence-electron chi connectivity index (χ4n) is 19.5. The Hall–Kier alpha value is -12.7. The van der Waals surface area contributed by atoms with Crippen LogP contribution in [0.2, 0.25) is 0 Å². The van der Waals surface area contributed by atoms with Gasteiger partial charge in [-0.1, -0.05) is 386 Å². The summed E-state index contributed by atoms with van der Waals surface area (Å²) in [6.45, 7) is 14.1. The topological polar surface area (TPSA) is 0 Å². The molecule has 0 N–H and O–H groups in total. The quantitative estimate of drug-likeness (QED) is 0.126. The Morgan fingerprint density at radius 3 is 1.17 bits per heavy atom. The first kappa shape index (κ1) is 72.5. The van der Waals surface area contributed by atoms with E-state index >= 15 is 0 Å². The van der Waals surface area contributed by atoms with E-state index in [1.165, 1.54) is 247 Å². The zero-order valence-electron chi connectivity index (χ0n) is 67.0. The minimum atomic E-state index is 0.376. The number of rotatable bonds is 9. The van der Waals surface area contributed by atoms with Crippen LogP contribution in [-0.2, 0) is 12.8 Å². The number of benzene rings is 18. The lowest BCUT2D eigenvalue weighted by atomic mass is 9.72. The van der Waals surface area contributed by atoms with Crippen LogP contribution < -0.4 is 0 Å². The molecule has 0 amide bonds. The number of aryl methyl sites for hydroxylation is 2. The summed E-state index contributed by atoms with van der Waals surface area (Å²) in [7, 11) is 0. The summed E-state index contributed by atoms with van der Waals surface area (Å²) < 4.78 is 0. The molecule has 0 spiro atoms. The van der Waals surface area contributed by atoms with E-state index < -0.39 is 0 Å². The lowest BCUT2D eigenvalue weighted by molar-refractivity contribution is 0.225. The molecule has 0 saturated carbocycles. The smallest absolute Gasteiger partial charge is 0.00200 e. The van der Waals surface area contributed by atoms with Gasteiger partial charge in [0.1, 0.15) is 0 Å². The van der Waals surface area contributed by atoms with Crippen molar-refractivity contribution in [2.75, 3.05) is 0 Å². The van der Waals surface area contributed by atoms with Gasteiger partial charge in [0.05, 0.1) is 0 Å². The van der Waals surface area contributed by atoms with Crippen molar-refractivity contribution >= 4 is 103 Å². The van der Waals surface area contributed by atoms with Gasteiger partial charge < -0.3 is 0 Å². The fourth-order valence-corrected chi connectivity index (χ4v) is 19.5. The molecular formula is C115H96. The first-order valence-electron chi connectivity index (χ1n) is 41.7. The molecule has 3 aliphatic carbocycles. The minimum absolute atomic E-state index is 0.376. The van der Waals surface area contributed by atoms with Gasteiger partial charge in [-0.15, -0.1) is 0 Å². The van der Waals surface area contributed by atoms with Crippen LogP contribution in [0.4, 0.5) is 0 Å². The van der Waals surface area contributed by atoms with Crippen molar-refractivity contribution in [1.29, 1.82) is 0 Å². The minimum Gasteiger partial charge on any atom is -0.0805 e. The average molecular weight is 1480 g/mol. The first-order valence-corrected chi connectivity index (χ1v) is 41.7. The second-order valence-electron chi connectivity index (χ2n) is 33.7. The van der Waals surface area contributed by atoms with E-state index in [9.17, 15) is 0 Å². The molecular weight excluding hydrogens is 1380 g/mol. The van der Waals surface area contributed by atoms with Gasteiger partial charge in [0.15, 0.2) is 0 Å². The van der Waals surface area contributed by atoms with E-state index in [0.717, 1.165) is 24.7 Å². The van der Waals surface area contributed by atoms with Crippen molar-refractivity contribution in [2.45, 2.75) is 92.9 Å². The van der Waals surface area contributed by atoms with Crippen molar-refractivity contribution < 1.29 is 0 Å². The molecule has 3 aliphatic rings. The summed E-state index contributed by atoms with van der Waals surface area (Å²) in [6.07, 6.45) is 16.7. The summed E-state index contributed by atoms with van der Waals surface area (Å²) in [5.41, 5.74) is 30.3.